The molecule has 146 valence electrons. The van der Waals surface area contributed by atoms with Crippen LogP contribution in [0.25, 0.3) is 0 Å². The van der Waals surface area contributed by atoms with Crippen molar-refractivity contribution in [3.05, 3.63) is 18.2 Å². The number of hydrogen-bond acceptors (Lipinski definition) is 5. The molecule has 0 saturated carbocycles. The highest BCUT2D eigenvalue weighted by Crippen LogP contribution is 2.31. The van der Waals surface area contributed by atoms with Gasteiger partial charge in [-0.05, 0) is 18.6 Å². The summed E-state index contributed by atoms with van der Waals surface area (Å²) in [6.45, 7) is -1.16. The summed E-state index contributed by atoms with van der Waals surface area (Å²) in [5.74, 6) is -0.174. The van der Waals surface area contributed by atoms with Crippen LogP contribution in [0.4, 0.5) is 23.7 Å². The number of alkyl halides is 3. The van der Waals surface area contributed by atoms with E-state index in [-0.39, 0.29) is 41.8 Å². The largest absolute Gasteiger partial charge is 0.493 e. The van der Waals surface area contributed by atoms with Crippen LogP contribution in [0.3, 0.4) is 0 Å². The lowest BCUT2D eigenvalue weighted by atomic mass is 10.2. The van der Waals surface area contributed by atoms with Crippen molar-refractivity contribution in [1.82, 2.24) is 4.90 Å². The van der Waals surface area contributed by atoms with E-state index in [4.69, 9.17) is 9.47 Å². The molecule has 1 fully saturated rings. The third-order valence-electron chi connectivity index (χ3n) is 3.65. The fraction of sp³-hybridized carbons (Fsp3) is 0.533. The van der Waals surface area contributed by atoms with Crippen LogP contribution in [0.1, 0.15) is 6.42 Å². The average molecular weight is 396 g/mol. The number of amides is 2. The molecule has 0 unspecified atom stereocenters. The predicted molar refractivity (Wildman–Crippen MR) is 88.4 cm³/mol. The van der Waals surface area contributed by atoms with Gasteiger partial charge in [-0.2, -0.15) is 13.2 Å². The quantitative estimate of drug-likeness (QED) is 0.844. The maximum atomic E-state index is 12.3. The van der Waals surface area contributed by atoms with Crippen molar-refractivity contribution in [3.63, 3.8) is 0 Å². The van der Waals surface area contributed by atoms with E-state index in [0.29, 0.717) is 6.42 Å². The number of carbonyl (C=O) groups is 1. The van der Waals surface area contributed by atoms with Crippen LogP contribution in [0, 0.1) is 0 Å². The molecule has 7 nitrogen and oxygen atoms in total. The van der Waals surface area contributed by atoms with Crippen molar-refractivity contribution >= 4 is 21.6 Å². The maximum absolute atomic E-state index is 12.3. The van der Waals surface area contributed by atoms with Crippen molar-refractivity contribution in [1.29, 1.82) is 0 Å². The predicted octanol–water partition coefficient (Wildman–Crippen LogP) is 2.29. The minimum absolute atomic E-state index is 0.0226. The molecule has 1 aliphatic heterocycles. The van der Waals surface area contributed by atoms with Crippen molar-refractivity contribution in [2.24, 2.45) is 0 Å². The Balaban J connectivity index is 2.07. The molecular formula is C15H19F3N2O5S. The summed E-state index contributed by atoms with van der Waals surface area (Å²) < 4.78 is 69.8. The van der Waals surface area contributed by atoms with Gasteiger partial charge in [0.15, 0.2) is 27.9 Å². The first-order valence-electron chi connectivity index (χ1n) is 7.73. The maximum Gasteiger partial charge on any atom is 0.422 e. The molecule has 1 aromatic carbocycles. The van der Waals surface area contributed by atoms with Crippen LogP contribution < -0.4 is 14.8 Å². The zero-order chi connectivity index (χ0) is 19.4. The van der Waals surface area contributed by atoms with Crippen LogP contribution in [0.2, 0.25) is 0 Å². The number of methoxy groups -OCH3 is 1. The number of urea groups is 1. The lowest BCUT2D eigenvalue weighted by Gasteiger charge is -2.21. The summed E-state index contributed by atoms with van der Waals surface area (Å²) in [7, 11) is -1.88. The van der Waals surface area contributed by atoms with Gasteiger partial charge in [0.05, 0.1) is 18.6 Å². The third kappa shape index (κ3) is 5.97. The smallest absolute Gasteiger partial charge is 0.422 e. The first-order chi connectivity index (χ1) is 12.1. The van der Waals surface area contributed by atoms with Gasteiger partial charge >= 0.3 is 12.2 Å². The van der Waals surface area contributed by atoms with Crippen LogP contribution in [0.5, 0.6) is 11.5 Å². The Morgan fingerprint density at radius 3 is 2.62 bits per heavy atom. The highest BCUT2D eigenvalue weighted by atomic mass is 32.2. The molecule has 1 aromatic rings. The number of hydrogen-bond donors (Lipinski definition) is 1. The molecule has 0 radical (unpaired) electrons. The number of carbonyl (C=O) groups excluding carboxylic acids is 1. The van der Waals surface area contributed by atoms with E-state index >= 15 is 0 Å². The molecule has 0 atom stereocenters. The van der Waals surface area contributed by atoms with Gasteiger partial charge in [0.1, 0.15) is 0 Å². The molecule has 0 aromatic heterocycles. The molecule has 1 saturated heterocycles. The van der Waals surface area contributed by atoms with E-state index < -0.39 is 28.7 Å². The fourth-order valence-electron chi connectivity index (χ4n) is 2.37. The number of anilines is 1. The van der Waals surface area contributed by atoms with Crippen LogP contribution in [0.15, 0.2) is 18.2 Å². The Kier molecular flexibility index (Phi) is 6.21. The standard InChI is InChI=1S/C15H19F3N2O5S/c1-24-12-4-3-11(9-13(12)25-10-15(16,17)18)19-14(21)20-5-2-7-26(22,23)8-6-20/h3-4,9H,2,5-8,10H2,1H3,(H,19,21). The minimum Gasteiger partial charge on any atom is -0.493 e. The van der Waals surface area contributed by atoms with Crippen LogP contribution in [-0.2, 0) is 9.84 Å². The van der Waals surface area contributed by atoms with Gasteiger partial charge in [0.25, 0.3) is 0 Å². The van der Waals surface area contributed by atoms with Crippen molar-refractivity contribution in [2.75, 3.05) is 43.6 Å². The second-order valence-electron chi connectivity index (χ2n) is 5.69. The Bertz CT molecular complexity index is 752. The first kappa shape index (κ1) is 20.1. The van der Waals surface area contributed by atoms with Crippen LogP contribution >= 0.6 is 0 Å². The summed E-state index contributed by atoms with van der Waals surface area (Å²) in [5.41, 5.74) is 0.208. The minimum atomic E-state index is -4.51. The number of halogens is 3. The Labute approximate surface area is 149 Å². The number of rotatable bonds is 4. The van der Waals surface area contributed by atoms with Crippen molar-refractivity contribution < 1.29 is 35.9 Å². The molecular weight excluding hydrogens is 377 g/mol. The number of nitrogens with one attached hydrogen (secondary N) is 1. The first-order valence-corrected chi connectivity index (χ1v) is 9.56. The second-order valence-corrected chi connectivity index (χ2v) is 8.00. The van der Waals surface area contributed by atoms with E-state index in [1.807, 2.05) is 0 Å². The lowest BCUT2D eigenvalue weighted by Crippen LogP contribution is -2.37. The molecule has 1 N–H and O–H groups in total. The van der Waals surface area contributed by atoms with Gasteiger partial charge in [0, 0.05) is 24.8 Å². The normalized spacial score (nSPS) is 17.3. The second kappa shape index (κ2) is 8.02. The summed E-state index contributed by atoms with van der Waals surface area (Å²) in [4.78, 5) is 13.6. The van der Waals surface area contributed by atoms with Gasteiger partial charge in [-0.15, -0.1) is 0 Å². The molecule has 1 heterocycles. The van der Waals surface area contributed by atoms with E-state index in [0.717, 1.165) is 0 Å². The zero-order valence-electron chi connectivity index (χ0n) is 14.0. The molecule has 0 bridgehead atoms. The molecule has 0 spiro atoms. The van der Waals surface area contributed by atoms with E-state index in [2.05, 4.69) is 5.32 Å². The van der Waals surface area contributed by atoms with Gasteiger partial charge in [0.2, 0.25) is 0 Å². The van der Waals surface area contributed by atoms with Crippen molar-refractivity contribution in [2.45, 2.75) is 12.6 Å². The molecule has 2 amide bonds. The van der Waals surface area contributed by atoms with Gasteiger partial charge in [-0.1, -0.05) is 0 Å². The fourth-order valence-corrected chi connectivity index (χ4v) is 3.64. The van der Waals surface area contributed by atoms with E-state index in [1.165, 1.54) is 30.2 Å². The zero-order valence-corrected chi connectivity index (χ0v) is 14.8. The summed E-state index contributed by atoms with van der Waals surface area (Å²) in [6.07, 6.45) is -4.18. The highest BCUT2D eigenvalue weighted by Gasteiger charge is 2.29. The molecule has 0 aliphatic carbocycles. The van der Waals surface area contributed by atoms with Gasteiger partial charge in [-0.25, -0.2) is 13.2 Å². The van der Waals surface area contributed by atoms with E-state index in [9.17, 15) is 26.4 Å². The Morgan fingerprint density at radius 2 is 1.96 bits per heavy atom. The van der Waals surface area contributed by atoms with Crippen LogP contribution in [-0.4, -0.2) is 63.8 Å². The molecule has 26 heavy (non-hydrogen) atoms. The summed E-state index contributed by atoms with van der Waals surface area (Å²) in [6, 6.07) is 3.51. The summed E-state index contributed by atoms with van der Waals surface area (Å²) >= 11 is 0. The molecule has 11 heteroatoms. The van der Waals surface area contributed by atoms with Gasteiger partial charge < -0.3 is 19.7 Å². The van der Waals surface area contributed by atoms with Gasteiger partial charge in [-0.3, -0.25) is 0 Å². The Morgan fingerprint density at radius 1 is 1.23 bits per heavy atom. The Hall–Kier alpha value is -2.17. The summed E-state index contributed by atoms with van der Waals surface area (Å²) in [5, 5.41) is 2.53. The molecule has 1 aliphatic rings. The number of ether oxygens (including phenoxy) is 2. The highest BCUT2D eigenvalue weighted by molar-refractivity contribution is 7.91. The third-order valence-corrected chi connectivity index (χ3v) is 5.36. The molecule has 2 rings (SSSR count). The lowest BCUT2D eigenvalue weighted by molar-refractivity contribution is -0.153. The monoisotopic (exact) mass is 396 g/mol. The number of nitrogens with zero attached hydrogens (tertiary/aromatic N) is 1. The number of sulfone groups is 1. The topological polar surface area (TPSA) is 84.9 Å². The van der Waals surface area contributed by atoms with E-state index in [1.54, 1.807) is 0 Å². The van der Waals surface area contributed by atoms with Crippen molar-refractivity contribution in [3.8, 4) is 11.5 Å². The number of benzene rings is 1. The average Bonchev–Trinajstić information content (AvgIpc) is 2.73. The SMILES string of the molecule is COc1ccc(NC(=O)N2CCCS(=O)(=O)CC2)cc1OCC(F)(F)F.